The number of hydrogen-bond donors (Lipinski definition) is 0. The summed E-state index contributed by atoms with van der Waals surface area (Å²) >= 11 is 1.42. The molecule has 0 N–H and O–H groups in total. The fourth-order valence-electron chi connectivity index (χ4n) is 2.67. The van der Waals surface area contributed by atoms with E-state index in [9.17, 15) is 4.79 Å². The molecule has 1 aliphatic rings. The number of thiazole rings is 1. The largest absolute Gasteiger partial charge is 0.458 e. The minimum absolute atomic E-state index is 0.0743. The van der Waals surface area contributed by atoms with Crippen LogP contribution in [0.5, 0.6) is 0 Å². The van der Waals surface area contributed by atoms with Crippen molar-refractivity contribution < 1.29 is 14.3 Å². The van der Waals surface area contributed by atoms with E-state index in [0.717, 1.165) is 36.3 Å². The Labute approximate surface area is 133 Å². The summed E-state index contributed by atoms with van der Waals surface area (Å²) in [7, 11) is 3.55. The number of methoxy groups -OCH3 is 1. The van der Waals surface area contributed by atoms with E-state index in [1.165, 1.54) is 11.3 Å². The number of ether oxygens (including phenoxy) is 2. The summed E-state index contributed by atoms with van der Waals surface area (Å²) < 4.78 is 12.6. The van der Waals surface area contributed by atoms with Crippen LogP contribution >= 0.6 is 11.3 Å². The van der Waals surface area contributed by atoms with E-state index in [1.54, 1.807) is 23.4 Å². The lowest BCUT2D eigenvalue weighted by Crippen LogP contribution is -2.29. The molecule has 1 saturated carbocycles. The third-order valence-electron chi connectivity index (χ3n) is 3.85. The average molecular weight is 321 g/mol. The van der Waals surface area contributed by atoms with Crippen molar-refractivity contribution in [2.75, 3.05) is 7.11 Å². The lowest BCUT2D eigenvalue weighted by Gasteiger charge is -2.27. The molecular weight excluding hydrogens is 302 g/mol. The maximum atomic E-state index is 12.2. The molecule has 22 heavy (non-hydrogen) atoms. The Morgan fingerprint density at radius 1 is 1.41 bits per heavy atom. The van der Waals surface area contributed by atoms with Crippen LogP contribution < -0.4 is 0 Å². The second kappa shape index (κ2) is 6.58. The second-order valence-corrected chi connectivity index (χ2v) is 6.35. The monoisotopic (exact) mass is 321 g/mol. The van der Waals surface area contributed by atoms with Crippen molar-refractivity contribution in [3.05, 3.63) is 23.5 Å². The fraction of sp³-hybridized carbons (Fsp3) is 0.533. The van der Waals surface area contributed by atoms with Crippen LogP contribution in [-0.4, -0.2) is 40.1 Å². The van der Waals surface area contributed by atoms with Gasteiger partial charge in [0.15, 0.2) is 5.69 Å². The van der Waals surface area contributed by atoms with Gasteiger partial charge >= 0.3 is 5.97 Å². The Morgan fingerprint density at radius 3 is 2.95 bits per heavy atom. The highest BCUT2D eigenvalue weighted by molar-refractivity contribution is 7.13. The normalized spacial score (nSPS) is 21.7. The number of rotatable bonds is 4. The number of nitrogens with zero attached hydrogens (tertiary/aromatic N) is 3. The lowest BCUT2D eigenvalue weighted by molar-refractivity contribution is -0.0152. The van der Waals surface area contributed by atoms with Crippen LogP contribution in [0.4, 0.5) is 0 Å². The summed E-state index contributed by atoms with van der Waals surface area (Å²) in [5, 5.41) is 6.63. The van der Waals surface area contributed by atoms with Crippen LogP contribution in [0, 0.1) is 0 Å². The van der Waals surface area contributed by atoms with E-state index in [2.05, 4.69) is 10.1 Å². The van der Waals surface area contributed by atoms with Crippen LogP contribution in [0.1, 0.15) is 36.2 Å². The van der Waals surface area contributed by atoms with Gasteiger partial charge in [0.05, 0.1) is 12.3 Å². The van der Waals surface area contributed by atoms with Gasteiger partial charge in [-0.05, 0) is 19.3 Å². The number of aryl methyl sites for hydroxylation is 1. The van der Waals surface area contributed by atoms with Gasteiger partial charge in [-0.2, -0.15) is 5.10 Å². The maximum Gasteiger partial charge on any atom is 0.358 e. The van der Waals surface area contributed by atoms with Gasteiger partial charge < -0.3 is 9.47 Å². The van der Waals surface area contributed by atoms with Crippen molar-refractivity contribution in [3.63, 3.8) is 0 Å². The fourth-order valence-corrected chi connectivity index (χ4v) is 3.43. The zero-order chi connectivity index (χ0) is 15.5. The van der Waals surface area contributed by atoms with Crippen molar-refractivity contribution in [1.29, 1.82) is 0 Å². The molecule has 2 aromatic rings. The van der Waals surface area contributed by atoms with E-state index in [1.807, 2.05) is 13.2 Å². The van der Waals surface area contributed by atoms with Gasteiger partial charge in [-0.15, -0.1) is 11.3 Å². The zero-order valence-corrected chi connectivity index (χ0v) is 13.5. The molecule has 1 fully saturated rings. The smallest absolute Gasteiger partial charge is 0.358 e. The van der Waals surface area contributed by atoms with Gasteiger partial charge in [0.1, 0.15) is 11.1 Å². The summed E-state index contributed by atoms with van der Waals surface area (Å²) in [6, 6.07) is 0. The Hall–Kier alpha value is -1.73. The number of hydrogen-bond acceptors (Lipinski definition) is 6. The molecule has 0 radical (unpaired) electrons. The number of carbonyl (C=O) groups excluding carboxylic acids is 1. The highest BCUT2D eigenvalue weighted by Crippen LogP contribution is 2.26. The number of esters is 1. The van der Waals surface area contributed by atoms with E-state index in [-0.39, 0.29) is 18.2 Å². The van der Waals surface area contributed by atoms with E-state index in [4.69, 9.17) is 9.47 Å². The Bertz CT molecular complexity index is 652. The maximum absolute atomic E-state index is 12.2. The number of aromatic nitrogens is 3. The van der Waals surface area contributed by atoms with Gasteiger partial charge in [-0.25, -0.2) is 9.78 Å². The van der Waals surface area contributed by atoms with Gasteiger partial charge in [-0.3, -0.25) is 4.68 Å². The molecule has 0 saturated heterocycles. The van der Waals surface area contributed by atoms with Gasteiger partial charge in [0.2, 0.25) is 0 Å². The first kappa shape index (κ1) is 15.2. The molecule has 2 atom stereocenters. The lowest BCUT2D eigenvalue weighted by atomic mass is 9.95. The summed E-state index contributed by atoms with van der Waals surface area (Å²) in [6.45, 7) is 0. The van der Waals surface area contributed by atoms with Crippen LogP contribution in [0.15, 0.2) is 17.8 Å². The van der Waals surface area contributed by atoms with E-state index < -0.39 is 0 Å². The first-order valence-corrected chi connectivity index (χ1v) is 8.22. The molecular formula is C15H19N3O3S. The summed E-state index contributed by atoms with van der Waals surface area (Å²) in [4.78, 5) is 16.6. The highest BCUT2D eigenvalue weighted by Gasteiger charge is 2.26. The molecule has 118 valence electrons. The van der Waals surface area contributed by atoms with Crippen LogP contribution in [0.25, 0.3) is 10.6 Å². The Balaban J connectivity index is 1.64. The second-order valence-electron chi connectivity index (χ2n) is 5.49. The quantitative estimate of drug-likeness (QED) is 0.810. The SMILES string of the molecule is COC1CCCC(OC(=O)c2csc(-c3cnn(C)c3)n2)C1. The molecule has 0 amide bonds. The molecule has 0 bridgehead atoms. The van der Waals surface area contributed by atoms with Crippen LogP contribution in [0.2, 0.25) is 0 Å². The van der Waals surface area contributed by atoms with Crippen molar-refractivity contribution in [1.82, 2.24) is 14.8 Å². The summed E-state index contributed by atoms with van der Waals surface area (Å²) in [5.41, 5.74) is 1.27. The van der Waals surface area contributed by atoms with Crippen molar-refractivity contribution in [3.8, 4) is 10.6 Å². The molecule has 0 spiro atoms. The predicted molar refractivity (Wildman–Crippen MR) is 82.8 cm³/mol. The first-order valence-electron chi connectivity index (χ1n) is 7.34. The third kappa shape index (κ3) is 3.36. The molecule has 3 rings (SSSR count). The molecule has 7 heteroatoms. The molecule has 0 aromatic carbocycles. The topological polar surface area (TPSA) is 66.2 Å². The molecule has 2 heterocycles. The highest BCUT2D eigenvalue weighted by atomic mass is 32.1. The van der Waals surface area contributed by atoms with Crippen LogP contribution in [0.3, 0.4) is 0 Å². The molecule has 2 unspecified atom stereocenters. The van der Waals surface area contributed by atoms with Crippen molar-refractivity contribution in [2.24, 2.45) is 7.05 Å². The average Bonchev–Trinajstić information content (AvgIpc) is 3.16. The van der Waals surface area contributed by atoms with Gasteiger partial charge in [0.25, 0.3) is 0 Å². The minimum atomic E-state index is -0.354. The first-order chi connectivity index (χ1) is 10.7. The van der Waals surface area contributed by atoms with Gasteiger partial charge in [-0.1, -0.05) is 0 Å². The molecule has 0 aliphatic heterocycles. The summed E-state index contributed by atoms with van der Waals surface area (Å²) in [6.07, 6.45) is 7.44. The third-order valence-corrected chi connectivity index (χ3v) is 4.74. The van der Waals surface area contributed by atoms with Crippen molar-refractivity contribution >= 4 is 17.3 Å². The Kier molecular flexibility index (Phi) is 4.54. The minimum Gasteiger partial charge on any atom is -0.458 e. The standard InChI is InChI=1S/C15H19N3O3S/c1-18-8-10(7-16-18)14-17-13(9-22-14)15(19)21-12-5-3-4-11(6-12)20-2/h7-9,11-12H,3-6H2,1-2H3. The predicted octanol–water partition coefficient (Wildman–Crippen LogP) is 2.66. The molecule has 1 aliphatic carbocycles. The van der Waals surface area contributed by atoms with E-state index >= 15 is 0 Å². The van der Waals surface area contributed by atoms with Crippen molar-refractivity contribution in [2.45, 2.75) is 37.9 Å². The van der Waals surface area contributed by atoms with Gasteiger partial charge in [0, 0.05) is 37.7 Å². The van der Waals surface area contributed by atoms with E-state index in [0.29, 0.717) is 5.69 Å². The summed E-state index contributed by atoms with van der Waals surface area (Å²) in [5.74, 6) is -0.354. The molecule has 6 nitrogen and oxygen atoms in total. The Morgan fingerprint density at radius 2 is 2.23 bits per heavy atom. The molecule has 2 aromatic heterocycles. The van der Waals surface area contributed by atoms with Crippen LogP contribution in [-0.2, 0) is 16.5 Å². The zero-order valence-electron chi connectivity index (χ0n) is 12.7. The number of carbonyl (C=O) groups is 1.